The zero-order valence-electron chi connectivity index (χ0n) is 17.3. The molecule has 4 nitrogen and oxygen atoms in total. The first-order chi connectivity index (χ1) is 14.7. The zero-order valence-corrected chi connectivity index (χ0v) is 21.3. The Hall–Kier alpha value is -1.51. The highest BCUT2D eigenvalue weighted by molar-refractivity contribution is 9.10. The van der Waals surface area contributed by atoms with Gasteiger partial charge in [0, 0.05) is 40.8 Å². The largest absolute Gasteiger partial charge is 0.487 e. The third kappa shape index (κ3) is 5.12. The number of ether oxygens (including phenoxy) is 1. The number of carbonyl (C=O) groups is 1. The van der Waals surface area contributed by atoms with Crippen LogP contribution in [0.4, 0.5) is 5.69 Å². The number of carbonyl (C=O) groups excluding carboxylic acids is 1. The number of anilines is 1. The number of hydrogen-bond acceptors (Lipinski definition) is 5. The minimum Gasteiger partial charge on any atom is -0.487 e. The van der Waals surface area contributed by atoms with E-state index in [9.17, 15) is 4.79 Å². The summed E-state index contributed by atoms with van der Waals surface area (Å²) in [6, 6.07) is 17.4. The summed E-state index contributed by atoms with van der Waals surface area (Å²) in [5.74, 6) is 0.748. The molecule has 2 aromatic carbocycles. The van der Waals surface area contributed by atoms with Gasteiger partial charge in [-0.2, -0.15) is 0 Å². The predicted molar refractivity (Wildman–Crippen MR) is 134 cm³/mol. The lowest BCUT2D eigenvalue weighted by molar-refractivity contribution is 0.0706. The number of hydrogen-bond donors (Lipinski definition) is 1. The van der Waals surface area contributed by atoms with Crippen LogP contribution >= 0.6 is 50.8 Å². The number of amides is 1. The van der Waals surface area contributed by atoms with Gasteiger partial charge in [-0.15, -0.1) is 11.3 Å². The maximum Gasteiger partial charge on any atom is 0.258 e. The van der Waals surface area contributed by atoms with Gasteiger partial charge in [0.05, 0.1) is 4.21 Å². The van der Waals surface area contributed by atoms with Gasteiger partial charge < -0.3 is 9.64 Å². The number of fused-ring (bicyclic) bond motifs is 1. The lowest BCUT2D eigenvalue weighted by Gasteiger charge is -2.38. The molecule has 1 aliphatic heterocycles. The highest BCUT2D eigenvalue weighted by Gasteiger charge is 2.34. The summed E-state index contributed by atoms with van der Waals surface area (Å²) in [5, 5.41) is 0. The first kappa shape index (κ1) is 22.7. The summed E-state index contributed by atoms with van der Waals surface area (Å²) in [6.45, 7) is 4.16. The van der Waals surface area contributed by atoms with Crippen molar-refractivity contribution in [1.29, 1.82) is 0 Å². The van der Waals surface area contributed by atoms with Gasteiger partial charge in [0.25, 0.3) is 5.91 Å². The van der Waals surface area contributed by atoms with E-state index in [0.717, 1.165) is 36.4 Å². The molecule has 0 saturated carbocycles. The van der Waals surface area contributed by atoms with E-state index in [2.05, 4.69) is 34.5 Å². The second-order valence-corrected chi connectivity index (χ2v) is 11.6. The molecule has 0 saturated heterocycles. The number of benzene rings is 2. The first-order valence-electron chi connectivity index (χ1n) is 9.77. The number of nitrogens with zero attached hydrogens (tertiary/aromatic N) is 1. The summed E-state index contributed by atoms with van der Waals surface area (Å²) in [5.41, 5.74) is 2.16. The number of halogens is 2. The average molecular weight is 538 g/mol. The maximum absolute atomic E-state index is 13.1. The molecule has 8 heteroatoms. The molecule has 3 aromatic rings. The Kier molecular flexibility index (Phi) is 6.70. The fraction of sp³-hybridized carbons (Fsp3) is 0.261. The highest BCUT2D eigenvalue weighted by Crippen LogP contribution is 2.43. The predicted octanol–water partition coefficient (Wildman–Crippen LogP) is 7.34. The SMILES string of the molecule is CN(C(=O)c1ccc2c(c1)C(NSc1cc(Br)c(Cl)s1)CC(C)(C)O2)c1ccccc1. The smallest absolute Gasteiger partial charge is 0.258 e. The van der Waals surface area contributed by atoms with Crippen molar-refractivity contribution >= 4 is 62.4 Å². The Morgan fingerprint density at radius 3 is 2.68 bits per heavy atom. The van der Waals surface area contributed by atoms with Gasteiger partial charge >= 0.3 is 0 Å². The van der Waals surface area contributed by atoms with E-state index < -0.39 is 0 Å². The van der Waals surface area contributed by atoms with Gasteiger partial charge in [-0.1, -0.05) is 29.8 Å². The van der Waals surface area contributed by atoms with E-state index in [4.69, 9.17) is 16.3 Å². The van der Waals surface area contributed by atoms with Gasteiger partial charge in [-0.05, 0) is 78.1 Å². The summed E-state index contributed by atoms with van der Waals surface area (Å²) < 4.78 is 12.5. The Morgan fingerprint density at radius 2 is 2.00 bits per heavy atom. The summed E-state index contributed by atoms with van der Waals surface area (Å²) in [4.78, 5) is 14.8. The topological polar surface area (TPSA) is 41.6 Å². The van der Waals surface area contributed by atoms with Crippen LogP contribution in [-0.4, -0.2) is 18.6 Å². The fourth-order valence-electron chi connectivity index (χ4n) is 3.56. The van der Waals surface area contributed by atoms with Crippen LogP contribution in [0.25, 0.3) is 0 Å². The molecule has 2 heterocycles. The van der Waals surface area contributed by atoms with Crippen molar-refractivity contribution in [2.75, 3.05) is 11.9 Å². The van der Waals surface area contributed by atoms with E-state index in [1.165, 1.54) is 11.3 Å². The number of thiophene rings is 1. The van der Waals surface area contributed by atoms with Gasteiger partial charge in [0.15, 0.2) is 0 Å². The first-order valence-corrected chi connectivity index (χ1v) is 12.6. The molecule has 162 valence electrons. The van der Waals surface area contributed by atoms with E-state index in [1.807, 2.05) is 54.6 Å². The molecule has 1 unspecified atom stereocenters. The summed E-state index contributed by atoms with van der Waals surface area (Å²) >= 11 is 12.7. The van der Waals surface area contributed by atoms with E-state index in [1.54, 1.807) is 23.9 Å². The lowest BCUT2D eigenvalue weighted by atomic mass is 9.89. The minimum atomic E-state index is -0.314. The number of rotatable bonds is 5. The molecular weight excluding hydrogens is 516 g/mol. The third-order valence-electron chi connectivity index (χ3n) is 5.09. The standard InChI is InChI=1S/C23H22BrClN2O2S2/c1-23(2)13-18(26-31-20-12-17(24)21(25)30-20)16-11-14(9-10-19(16)29-23)22(28)27(3)15-7-5-4-6-8-15/h4-12,18,26H,13H2,1-3H3. The van der Waals surface area contributed by atoms with Crippen LogP contribution in [-0.2, 0) is 0 Å². The van der Waals surface area contributed by atoms with E-state index >= 15 is 0 Å². The van der Waals surface area contributed by atoms with Gasteiger partial charge in [-0.3, -0.25) is 9.52 Å². The second-order valence-electron chi connectivity index (χ2n) is 7.98. The molecule has 1 aliphatic rings. The molecule has 4 rings (SSSR count). The Bertz CT molecular complexity index is 1080. The van der Waals surface area contributed by atoms with Crippen molar-refractivity contribution in [3.63, 3.8) is 0 Å². The monoisotopic (exact) mass is 536 g/mol. The molecule has 1 atom stereocenters. The van der Waals surface area contributed by atoms with Crippen LogP contribution < -0.4 is 14.4 Å². The Morgan fingerprint density at radius 1 is 1.26 bits per heavy atom. The zero-order chi connectivity index (χ0) is 22.2. The van der Waals surface area contributed by atoms with Crippen molar-refractivity contribution in [3.05, 3.63) is 74.5 Å². The van der Waals surface area contributed by atoms with Crippen LogP contribution in [0.2, 0.25) is 4.34 Å². The number of nitrogens with one attached hydrogen (secondary N) is 1. The second kappa shape index (κ2) is 9.16. The molecule has 31 heavy (non-hydrogen) atoms. The van der Waals surface area contributed by atoms with E-state index in [0.29, 0.717) is 5.56 Å². The summed E-state index contributed by atoms with van der Waals surface area (Å²) in [7, 11) is 1.79. The molecule has 0 spiro atoms. The quantitative estimate of drug-likeness (QED) is 0.346. The van der Waals surface area contributed by atoms with Crippen LogP contribution in [0.15, 0.2) is 63.3 Å². The Labute approximate surface area is 204 Å². The molecule has 0 bridgehead atoms. The summed E-state index contributed by atoms with van der Waals surface area (Å²) in [6.07, 6.45) is 0.777. The molecule has 1 N–H and O–H groups in total. The van der Waals surface area contributed by atoms with Gasteiger partial charge in [0.1, 0.15) is 15.7 Å². The normalized spacial score (nSPS) is 17.0. The average Bonchev–Trinajstić information content (AvgIpc) is 3.08. The van der Waals surface area contributed by atoms with Crippen LogP contribution in [0.1, 0.15) is 42.2 Å². The van der Waals surface area contributed by atoms with Crippen LogP contribution in [0.5, 0.6) is 5.75 Å². The van der Waals surface area contributed by atoms with Crippen LogP contribution in [0, 0.1) is 0 Å². The third-order valence-corrected chi connectivity index (χ3v) is 8.58. The Balaban J connectivity index is 1.60. The van der Waals surface area contributed by atoms with Crippen LogP contribution in [0.3, 0.4) is 0 Å². The molecule has 0 fully saturated rings. The van der Waals surface area contributed by atoms with Crippen molar-refractivity contribution in [3.8, 4) is 5.75 Å². The minimum absolute atomic E-state index is 0.0261. The van der Waals surface area contributed by atoms with Crippen molar-refractivity contribution < 1.29 is 9.53 Å². The fourth-order valence-corrected chi connectivity index (χ4v) is 6.49. The molecule has 0 radical (unpaired) electrons. The molecule has 1 aromatic heterocycles. The number of para-hydroxylation sites is 1. The highest BCUT2D eigenvalue weighted by atomic mass is 79.9. The molecular formula is C23H22BrClN2O2S2. The van der Waals surface area contributed by atoms with Gasteiger partial charge in [0.2, 0.25) is 0 Å². The van der Waals surface area contributed by atoms with Crippen molar-refractivity contribution in [1.82, 2.24) is 4.72 Å². The van der Waals surface area contributed by atoms with Crippen molar-refractivity contribution in [2.45, 2.75) is 36.1 Å². The van der Waals surface area contributed by atoms with Crippen molar-refractivity contribution in [2.24, 2.45) is 0 Å². The van der Waals surface area contributed by atoms with Gasteiger partial charge in [-0.25, -0.2) is 0 Å². The molecule has 0 aliphatic carbocycles. The lowest BCUT2D eigenvalue weighted by Crippen LogP contribution is -2.38. The maximum atomic E-state index is 13.1. The molecule has 1 amide bonds. The van der Waals surface area contributed by atoms with E-state index in [-0.39, 0.29) is 17.6 Å².